The van der Waals surface area contributed by atoms with E-state index in [9.17, 15) is 15.4 Å². The third-order valence-corrected chi connectivity index (χ3v) is 6.27. The van der Waals surface area contributed by atoms with E-state index in [-0.39, 0.29) is 17.3 Å². The third kappa shape index (κ3) is 5.54. The first-order valence-corrected chi connectivity index (χ1v) is 11.9. The number of anilines is 4. The second-order valence-electron chi connectivity index (χ2n) is 7.59. The van der Waals surface area contributed by atoms with E-state index in [1.807, 2.05) is 0 Å². The Balaban J connectivity index is 1.68. The van der Waals surface area contributed by atoms with Gasteiger partial charge in [-0.05, 0) is 69.9 Å². The molecule has 0 bridgehead atoms. The van der Waals surface area contributed by atoms with Crippen LogP contribution >= 0.6 is 39.1 Å². The molecule has 0 saturated carbocycles. The highest BCUT2D eigenvalue weighted by atomic mass is 79.9. The van der Waals surface area contributed by atoms with Crippen molar-refractivity contribution in [1.82, 2.24) is 15.0 Å². The predicted molar refractivity (Wildman–Crippen MR) is 142 cm³/mol. The van der Waals surface area contributed by atoms with Crippen LogP contribution in [0.2, 0.25) is 10.0 Å². The molecule has 0 fully saturated rings. The summed E-state index contributed by atoms with van der Waals surface area (Å²) in [5.41, 5.74) is 2.18. The molecule has 0 aliphatic rings. The summed E-state index contributed by atoms with van der Waals surface area (Å²) in [5, 5.41) is 28.5. The number of nitrogens with zero attached hydrogens (tertiary/aromatic N) is 5. The van der Waals surface area contributed by atoms with Crippen molar-refractivity contribution in [1.29, 1.82) is 5.26 Å². The van der Waals surface area contributed by atoms with Crippen molar-refractivity contribution in [3.8, 4) is 6.07 Å². The molecular weight excluding hydrogens is 569 g/mol. The fourth-order valence-corrected chi connectivity index (χ4v) is 4.11. The number of benzene rings is 2. The average Bonchev–Trinajstić information content (AvgIpc) is 2.85. The zero-order chi connectivity index (χ0) is 25.8. The minimum atomic E-state index is -0.620. The molecule has 1 unspecified atom stereocenters. The number of nitrogens with one attached hydrogen (secondary N) is 2. The maximum Gasteiger partial charge on any atom is 0.353 e. The highest BCUT2D eigenvalue weighted by molar-refractivity contribution is 9.10. The van der Waals surface area contributed by atoms with Gasteiger partial charge in [0.1, 0.15) is 12.1 Å². The molecule has 2 aromatic carbocycles. The maximum absolute atomic E-state index is 11.9. The first kappa shape index (κ1) is 25.3. The van der Waals surface area contributed by atoms with Crippen LogP contribution in [0.4, 0.5) is 28.8 Å². The molecule has 0 amide bonds. The first-order chi connectivity index (χ1) is 17.3. The van der Waals surface area contributed by atoms with Crippen molar-refractivity contribution < 1.29 is 4.92 Å². The van der Waals surface area contributed by atoms with E-state index in [1.54, 1.807) is 61.7 Å². The van der Waals surface area contributed by atoms with Crippen LogP contribution < -0.4 is 10.6 Å². The van der Waals surface area contributed by atoms with Gasteiger partial charge in [0, 0.05) is 26.4 Å². The van der Waals surface area contributed by atoms with Gasteiger partial charge in [-0.25, -0.2) is 15.0 Å². The number of nitro groups is 1. The molecule has 0 aliphatic carbocycles. The molecule has 1 atom stereocenters. The van der Waals surface area contributed by atoms with Gasteiger partial charge >= 0.3 is 5.69 Å². The second kappa shape index (κ2) is 10.9. The van der Waals surface area contributed by atoms with Gasteiger partial charge in [0.15, 0.2) is 0 Å². The summed E-state index contributed by atoms with van der Waals surface area (Å²) in [5.74, 6) is -0.305. The van der Waals surface area contributed by atoms with Crippen LogP contribution in [0, 0.1) is 28.4 Å². The predicted octanol–water partition coefficient (Wildman–Crippen LogP) is 7.30. The number of nitriles is 1. The summed E-state index contributed by atoms with van der Waals surface area (Å²) in [6, 6.07) is 16.0. The highest BCUT2D eigenvalue weighted by Gasteiger charge is 2.25. The van der Waals surface area contributed by atoms with Gasteiger partial charge in [0.25, 0.3) is 0 Å². The van der Waals surface area contributed by atoms with E-state index in [4.69, 9.17) is 23.2 Å². The molecule has 9 nitrogen and oxygen atoms in total. The lowest BCUT2D eigenvalue weighted by Gasteiger charge is -2.16. The molecule has 0 radical (unpaired) electrons. The van der Waals surface area contributed by atoms with Gasteiger partial charge in [-0.1, -0.05) is 41.4 Å². The summed E-state index contributed by atoms with van der Waals surface area (Å²) in [7, 11) is 0. The van der Waals surface area contributed by atoms with Gasteiger partial charge in [0.2, 0.25) is 11.6 Å². The van der Waals surface area contributed by atoms with Crippen LogP contribution in [-0.4, -0.2) is 19.9 Å². The van der Waals surface area contributed by atoms with E-state index < -0.39 is 10.8 Å². The van der Waals surface area contributed by atoms with Crippen molar-refractivity contribution >= 4 is 68.0 Å². The van der Waals surface area contributed by atoms with Crippen molar-refractivity contribution in [2.24, 2.45) is 0 Å². The van der Waals surface area contributed by atoms with Gasteiger partial charge in [-0.15, -0.1) is 0 Å². The summed E-state index contributed by atoms with van der Waals surface area (Å²) >= 11 is 15.8. The van der Waals surface area contributed by atoms with E-state index in [0.717, 1.165) is 10.0 Å². The lowest BCUT2D eigenvalue weighted by molar-refractivity contribution is -0.383. The number of halogens is 3. The smallest absolute Gasteiger partial charge is 0.334 e. The second-order valence-corrected chi connectivity index (χ2v) is 9.35. The molecule has 4 aromatic rings. The van der Waals surface area contributed by atoms with Gasteiger partial charge < -0.3 is 10.6 Å². The molecule has 0 saturated heterocycles. The molecular formula is C24H16BrCl2N7O2. The lowest BCUT2D eigenvalue weighted by atomic mass is 9.91. The number of hydrogen-bond donors (Lipinski definition) is 2. The molecule has 180 valence electrons. The number of aromatic nitrogens is 3. The van der Waals surface area contributed by atoms with Crippen molar-refractivity contribution in [3.05, 3.63) is 102 Å². The normalized spacial score (nSPS) is 11.4. The van der Waals surface area contributed by atoms with Crippen LogP contribution in [0.15, 0.2) is 65.5 Å². The van der Waals surface area contributed by atoms with Crippen LogP contribution in [0.3, 0.4) is 0 Å². The fourth-order valence-electron chi connectivity index (χ4n) is 3.47. The number of pyridine rings is 1. The van der Waals surface area contributed by atoms with Gasteiger partial charge in [-0.2, -0.15) is 5.26 Å². The van der Waals surface area contributed by atoms with Gasteiger partial charge in [-0.3, -0.25) is 10.1 Å². The van der Waals surface area contributed by atoms with Crippen molar-refractivity contribution in [2.75, 3.05) is 10.6 Å². The van der Waals surface area contributed by atoms with E-state index >= 15 is 0 Å². The quantitative estimate of drug-likeness (QED) is 0.171. The van der Waals surface area contributed by atoms with E-state index in [0.29, 0.717) is 32.7 Å². The summed E-state index contributed by atoms with van der Waals surface area (Å²) in [6.07, 6.45) is 2.76. The Kier molecular flexibility index (Phi) is 7.64. The number of rotatable bonds is 7. The molecule has 2 heterocycles. The highest BCUT2D eigenvalue weighted by Crippen LogP contribution is 2.37. The average molecular weight is 585 g/mol. The zero-order valence-corrected chi connectivity index (χ0v) is 21.6. The monoisotopic (exact) mass is 583 g/mol. The number of aryl methyl sites for hydroxylation is 1. The molecule has 2 aromatic heterocycles. The maximum atomic E-state index is 11.9. The molecule has 4 rings (SSSR count). The van der Waals surface area contributed by atoms with Crippen LogP contribution in [0.25, 0.3) is 0 Å². The fraction of sp³-hybridized carbons (Fsp3) is 0.0833. The Bertz CT molecular complexity index is 1480. The Morgan fingerprint density at radius 2 is 1.75 bits per heavy atom. The third-order valence-electron chi connectivity index (χ3n) is 5.22. The SMILES string of the molecule is Cc1cc(C(C#N)c2ccc(Cl)cc2)c(Cl)cc1Nc1ncnc(Nc2ccc(Br)cn2)c1[N+](=O)[O-]. The van der Waals surface area contributed by atoms with Gasteiger partial charge in [0.05, 0.1) is 16.9 Å². The van der Waals surface area contributed by atoms with E-state index in [2.05, 4.69) is 47.6 Å². The minimum absolute atomic E-state index is 0.0278. The van der Waals surface area contributed by atoms with Crippen LogP contribution in [0.1, 0.15) is 22.6 Å². The first-order valence-electron chi connectivity index (χ1n) is 10.4. The lowest BCUT2D eigenvalue weighted by Crippen LogP contribution is -2.07. The summed E-state index contributed by atoms with van der Waals surface area (Å²) in [4.78, 5) is 23.6. The van der Waals surface area contributed by atoms with Crippen molar-refractivity contribution in [3.63, 3.8) is 0 Å². The Hall–Kier alpha value is -3.78. The molecule has 0 aliphatic heterocycles. The summed E-state index contributed by atoms with van der Waals surface area (Å²) < 4.78 is 0.762. The Morgan fingerprint density at radius 3 is 2.36 bits per heavy atom. The van der Waals surface area contributed by atoms with Crippen LogP contribution in [-0.2, 0) is 0 Å². The molecule has 0 spiro atoms. The standard InChI is InChI=1S/C24H16BrCl2N7O2/c1-13-8-17(18(10-28)14-2-5-16(26)6-3-14)19(27)9-20(13)32-23-22(34(35)36)24(31-12-30-23)33-21-7-4-15(25)11-29-21/h2-9,11-12,18H,1H3,(H2,29,30,31,32,33). The Morgan fingerprint density at radius 1 is 1.06 bits per heavy atom. The molecule has 12 heteroatoms. The van der Waals surface area contributed by atoms with Crippen LogP contribution in [0.5, 0.6) is 0 Å². The largest absolute Gasteiger partial charge is 0.353 e. The number of hydrogen-bond acceptors (Lipinski definition) is 8. The summed E-state index contributed by atoms with van der Waals surface area (Å²) in [6.45, 7) is 1.80. The Labute approximate surface area is 224 Å². The zero-order valence-electron chi connectivity index (χ0n) is 18.5. The molecule has 2 N–H and O–H groups in total. The van der Waals surface area contributed by atoms with E-state index in [1.165, 1.54) is 6.33 Å². The topological polar surface area (TPSA) is 130 Å². The van der Waals surface area contributed by atoms with Crippen molar-refractivity contribution in [2.45, 2.75) is 12.8 Å². The minimum Gasteiger partial charge on any atom is -0.334 e. The molecule has 36 heavy (non-hydrogen) atoms.